The van der Waals surface area contributed by atoms with Gasteiger partial charge in [0.1, 0.15) is 11.0 Å². The summed E-state index contributed by atoms with van der Waals surface area (Å²) in [6.07, 6.45) is 9.00. The number of aromatic amines is 3. The van der Waals surface area contributed by atoms with E-state index in [9.17, 15) is 0 Å². The zero-order chi connectivity index (χ0) is 19.4. The smallest absolute Gasteiger partial charge is 0.162 e. The summed E-state index contributed by atoms with van der Waals surface area (Å²) >= 11 is 0. The molecule has 0 amide bonds. The molecule has 0 saturated heterocycles. The average molecular weight is 382 g/mol. The van der Waals surface area contributed by atoms with E-state index >= 15 is 0 Å². The fourth-order valence-electron chi connectivity index (χ4n) is 3.39. The van der Waals surface area contributed by atoms with Crippen LogP contribution in [0.2, 0.25) is 0 Å². The first-order chi connectivity index (χ1) is 14.3. The second-order valence-corrected chi connectivity index (χ2v) is 6.69. The lowest BCUT2D eigenvalue weighted by molar-refractivity contribution is 1.06. The van der Waals surface area contributed by atoms with E-state index in [2.05, 4.69) is 35.3 Å². The van der Waals surface area contributed by atoms with Crippen molar-refractivity contribution < 1.29 is 0 Å². The molecule has 140 valence electrons. The highest BCUT2D eigenvalue weighted by Gasteiger charge is 2.17. The summed E-state index contributed by atoms with van der Waals surface area (Å²) in [5.74, 6) is 0.597. The number of hydrogen-bond acceptors (Lipinski definition) is 6. The third-order valence-electron chi connectivity index (χ3n) is 4.78. The Bertz CT molecular complexity index is 1470. The molecule has 0 atom stereocenters. The first-order valence-electron chi connectivity index (χ1n) is 8.96. The maximum atomic E-state index is 4.78. The normalized spacial score (nSPS) is 11.6. The van der Waals surface area contributed by atoms with Gasteiger partial charge in [0.2, 0.25) is 0 Å². The van der Waals surface area contributed by atoms with Crippen molar-refractivity contribution in [2.45, 2.75) is 6.92 Å². The Hall–Kier alpha value is -4.34. The van der Waals surface area contributed by atoms with Crippen LogP contribution in [0, 0.1) is 6.92 Å². The highest BCUT2D eigenvalue weighted by atomic mass is 15.2. The minimum Gasteiger partial charge on any atom is -0.321 e. The summed E-state index contributed by atoms with van der Waals surface area (Å²) in [4.78, 5) is 21.5. The van der Waals surface area contributed by atoms with Crippen molar-refractivity contribution in [3.63, 3.8) is 0 Å². The molecule has 6 aromatic heterocycles. The molecule has 10 heteroatoms. The van der Waals surface area contributed by atoms with E-state index in [0.717, 1.165) is 39.2 Å². The number of aryl methyl sites for hydroxylation is 1. The number of pyridine rings is 2. The van der Waals surface area contributed by atoms with E-state index in [-0.39, 0.29) is 0 Å². The van der Waals surface area contributed by atoms with Crippen molar-refractivity contribution in [2.75, 3.05) is 0 Å². The van der Waals surface area contributed by atoms with E-state index in [1.54, 1.807) is 24.9 Å². The third-order valence-corrected chi connectivity index (χ3v) is 4.78. The molecule has 0 aliphatic rings. The van der Waals surface area contributed by atoms with Gasteiger partial charge in [-0.25, -0.2) is 19.9 Å². The Morgan fingerprint density at radius 2 is 2.00 bits per heavy atom. The van der Waals surface area contributed by atoms with Crippen LogP contribution in [-0.2, 0) is 0 Å². The van der Waals surface area contributed by atoms with Crippen molar-refractivity contribution in [1.29, 1.82) is 0 Å². The van der Waals surface area contributed by atoms with Gasteiger partial charge in [0.25, 0.3) is 0 Å². The molecule has 0 fully saturated rings. The quantitative estimate of drug-likeness (QED) is 0.431. The molecule has 0 radical (unpaired) electrons. The van der Waals surface area contributed by atoms with Crippen molar-refractivity contribution in [2.24, 2.45) is 0 Å². The predicted octanol–water partition coefficient (Wildman–Crippen LogP) is 2.78. The van der Waals surface area contributed by atoms with Gasteiger partial charge in [-0.1, -0.05) is 0 Å². The van der Waals surface area contributed by atoms with Crippen LogP contribution >= 0.6 is 0 Å². The number of nitrogens with one attached hydrogen (secondary N) is 3. The van der Waals surface area contributed by atoms with Gasteiger partial charge in [0.05, 0.1) is 35.1 Å². The molecule has 29 heavy (non-hydrogen) atoms. The van der Waals surface area contributed by atoms with Gasteiger partial charge in [-0.05, 0) is 25.1 Å². The lowest BCUT2D eigenvalue weighted by Crippen LogP contribution is -1.92. The molecular formula is C19H14N10. The van der Waals surface area contributed by atoms with Crippen LogP contribution in [0.4, 0.5) is 0 Å². The second-order valence-electron chi connectivity index (χ2n) is 6.69. The number of aromatic nitrogens is 10. The number of hydrogen-bond donors (Lipinski definition) is 3. The molecule has 0 saturated carbocycles. The van der Waals surface area contributed by atoms with E-state index in [1.165, 1.54) is 0 Å². The average Bonchev–Trinajstić information content (AvgIpc) is 3.51. The maximum absolute atomic E-state index is 4.78. The highest BCUT2D eigenvalue weighted by molar-refractivity contribution is 5.92. The topological polar surface area (TPSA) is 130 Å². The summed E-state index contributed by atoms with van der Waals surface area (Å²) < 4.78 is 1.93. The predicted molar refractivity (Wildman–Crippen MR) is 106 cm³/mol. The molecule has 0 aliphatic carbocycles. The van der Waals surface area contributed by atoms with Crippen LogP contribution in [-0.4, -0.2) is 49.9 Å². The van der Waals surface area contributed by atoms with Gasteiger partial charge in [0, 0.05) is 24.2 Å². The molecule has 0 aliphatic heterocycles. The van der Waals surface area contributed by atoms with Gasteiger partial charge in [-0.15, -0.1) is 0 Å². The molecular weight excluding hydrogens is 368 g/mol. The lowest BCUT2D eigenvalue weighted by atomic mass is 10.2. The van der Waals surface area contributed by atoms with Gasteiger partial charge in [-0.2, -0.15) is 10.2 Å². The molecule has 0 unspecified atom stereocenters. The fraction of sp³-hybridized carbons (Fsp3) is 0.0526. The van der Waals surface area contributed by atoms with Crippen molar-refractivity contribution >= 4 is 22.2 Å². The SMILES string of the molecule is Cc1cn(-c2ccnc3[nH]c(-c4n[nH]c5ccc(-c6cn[nH]c6)nc45)nc23)cn1. The van der Waals surface area contributed by atoms with Gasteiger partial charge in [-0.3, -0.25) is 10.2 Å². The minimum absolute atomic E-state index is 0.597. The number of fused-ring (bicyclic) bond motifs is 2. The number of nitrogens with zero attached hydrogens (tertiary/aromatic N) is 7. The first-order valence-corrected chi connectivity index (χ1v) is 8.96. The van der Waals surface area contributed by atoms with E-state index in [4.69, 9.17) is 9.97 Å². The number of rotatable bonds is 3. The van der Waals surface area contributed by atoms with Gasteiger partial charge in [0.15, 0.2) is 17.2 Å². The van der Waals surface area contributed by atoms with Crippen LogP contribution in [0.25, 0.3) is 50.7 Å². The number of H-pyrrole nitrogens is 3. The van der Waals surface area contributed by atoms with Crippen molar-refractivity contribution in [3.05, 3.63) is 55.0 Å². The molecule has 6 rings (SSSR count). The van der Waals surface area contributed by atoms with Gasteiger partial charge < -0.3 is 9.55 Å². The van der Waals surface area contributed by atoms with Crippen LogP contribution in [0.5, 0.6) is 0 Å². The summed E-state index contributed by atoms with van der Waals surface area (Å²) in [7, 11) is 0. The molecule has 6 heterocycles. The molecule has 0 spiro atoms. The van der Waals surface area contributed by atoms with Gasteiger partial charge >= 0.3 is 0 Å². The Morgan fingerprint density at radius 3 is 2.83 bits per heavy atom. The second kappa shape index (κ2) is 5.83. The summed E-state index contributed by atoms with van der Waals surface area (Å²) in [6, 6.07) is 5.78. The Labute approximate surface area is 163 Å². The summed E-state index contributed by atoms with van der Waals surface area (Å²) in [5.41, 5.74) is 7.13. The maximum Gasteiger partial charge on any atom is 0.162 e. The molecule has 0 aromatic carbocycles. The zero-order valence-corrected chi connectivity index (χ0v) is 15.2. The molecule has 3 N–H and O–H groups in total. The van der Waals surface area contributed by atoms with Crippen LogP contribution in [0.1, 0.15) is 5.69 Å². The summed E-state index contributed by atoms with van der Waals surface area (Å²) in [5, 5.41) is 14.3. The van der Waals surface area contributed by atoms with Crippen LogP contribution in [0.3, 0.4) is 0 Å². The molecule has 10 nitrogen and oxygen atoms in total. The first kappa shape index (κ1) is 15.7. The highest BCUT2D eigenvalue weighted by Crippen LogP contribution is 2.28. The van der Waals surface area contributed by atoms with E-state index < -0.39 is 0 Å². The van der Waals surface area contributed by atoms with Crippen molar-refractivity contribution in [3.8, 4) is 28.5 Å². The van der Waals surface area contributed by atoms with Crippen LogP contribution < -0.4 is 0 Å². The fourth-order valence-corrected chi connectivity index (χ4v) is 3.39. The Morgan fingerprint density at radius 1 is 1.03 bits per heavy atom. The van der Waals surface area contributed by atoms with E-state index in [1.807, 2.05) is 35.9 Å². The zero-order valence-electron chi connectivity index (χ0n) is 15.2. The lowest BCUT2D eigenvalue weighted by Gasteiger charge is -2.01. The molecule has 6 aromatic rings. The Balaban J connectivity index is 1.53. The Kier molecular flexibility index (Phi) is 3.15. The van der Waals surface area contributed by atoms with Crippen LogP contribution in [0.15, 0.2) is 49.3 Å². The minimum atomic E-state index is 0.597. The molecule has 0 bridgehead atoms. The number of imidazole rings is 2. The largest absolute Gasteiger partial charge is 0.321 e. The monoisotopic (exact) mass is 382 g/mol. The standard InChI is InChI=1S/C19H14N10/c1-10-8-29(9-21-10)14-4-5-20-18-16(14)25-19(26-18)17-15-13(27-28-17)3-2-12(24-15)11-6-22-23-7-11/h2-9H,1H3,(H,22,23)(H,27,28)(H,20,25,26). The van der Waals surface area contributed by atoms with Crippen molar-refractivity contribution in [1.82, 2.24) is 49.9 Å². The summed E-state index contributed by atoms with van der Waals surface area (Å²) in [6.45, 7) is 1.95. The third kappa shape index (κ3) is 2.42. The van der Waals surface area contributed by atoms with E-state index in [0.29, 0.717) is 17.2 Å².